The molecule has 0 bridgehead atoms. The number of carbonyl (C=O) groups excluding carboxylic acids is 1. The van der Waals surface area contributed by atoms with E-state index in [4.69, 9.17) is 4.74 Å². The number of hydrogen-bond acceptors (Lipinski definition) is 6. The van der Waals surface area contributed by atoms with E-state index in [1.54, 1.807) is 0 Å². The van der Waals surface area contributed by atoms with Crippen LogP contribution in [0.4, 0.5) is 42.4 Å². The van der Waals surface area contributed by atoms with Gasteiger partial charge in [0, 0.05) is 33.2 Å². The van der Waals surface area contributed by atoms with Gasteiger partial charge in [0.15, 0.2) is 0 Å². The Bertz CT molecular complexity index is 1400. The van der Waals surface area contributed by atoms with Crippen LogP contribution >= 0.6 is 0 Å². The van der Waals surface area contributed by atoms with E-state index in [1.807, 2.05) is 11.9 Å². The average molecular weight is 600 g/mol. The lowest BCUT2D eigenvalue weighted by molar-refractivity contribution is -0.143. The highest BCUT2D eigenvalue weighted by Gasteiger charge is 2.41. The summed E-state index contributed by atoms with van der Waals surface area (Å²) >= 11 is 0. The molecule has 0 spiro atoms. The lowest BCUT2D eigenvalue weighted by Gasteiger charge is -2.33. The smallest absolute Gasteiger partial charge is 0.416 e. The molecular weight excluding hydrogens is 571 g/mol. The van der Waals surface area contributed by atoms with Gasteiger partial charge in [-0.05, 0) is 68.9 Å². The Hall–Kier alpha value is -3.94. The summed E-state index contributed by atoms with van der Waals surface area (Å²) < 4.78 is 101. The van der Waals surface area contributed by atoms with E-state index in [1.165, 1.54) is 39.2 Å². The number of ether oxygens (including phenoxy) is 1. The Kier molecular flexibility index (Phi) is 8.40. The third kappa shape index (κ3) is 6.75. The zero-order chi connectivity index (χ0) is 31.0. The van der Waals surface area contributed by atoms with Gasteiger partial charge in [-0.25, -0.2) is 9.37 Å². The van der Waals surface area contributed by atoms with E-state index in [0.717, 1.165) is 30.1 Å². The van der Waals surface area contributed by atoms with Crippen molar-refractivity contribution in [3.05, 3.63) is 71.2 Å². The van der Waals surface area contributed by atoms with Crippen LogP contribution in [0.3, 0.4) is 0 Å². The fourth-order valence-corrected chi connectivity index (χ4v) is 4.40. The molecule has 1 aliphatic heterocycles. The number of amides is 1. The lowest BCUT2D eigenvalue weighted by Crippen LogP contribution is -2.45. The Labute approximate surface area is 237 Å². The molecule has 4 rings (SSSR count). The highest BCUT2D eigenvalue weighted by atomic mass is 19.4. The molecule has 14 heteroatoms. The highest BCUT2D eigenvalue weighted by molar-refractivity contribution is 6.01. The van der Waals surface area contributed by atoms with Gasteiger partial charge in [0.05, 0.1) is 22.7 Å². The number of likely N-dealkylation sites (N-methyl/N-ethyl adjacent to an activating group) is 2. The van der Waals surface area contributed by atoms with E-state index in [9.17, 15) is 35.5 Å². The summed E-state index contributed by atoms with van der Waals surface area (Å²) in [6.07, 6.45) is -8.87. The second-order valence-electron chi connectivity index (χ2n) is 10.5. The normalized spacial score (nSPS) is 15.1. The first-order chi connectivity index (χ1) is 19.5. The average Bonchev–Trinajstić information content (AvgIpc) is 2.92. The molecule has 1 saturated heterocycles. The van der Waals surface area contributed by atoms with E-state index >= 15 is 0 Å². The van der Waals surface area contributed by atoms with E-state index in [2.05, 4.69) is 14.9 Å². The Morgan fingerprint density at radius 3 is 1.93 bits per heavy atom. The van der Waals surface area contributed by atoms with E-state index in [-0.39, 0.29) is 29.3 Å². The van der Waals surface area contributed by atoms with Gasteiger partial charge in [-0.3, -0.25) is 4.79 Å². The molecule has 0 aliphatic carbocycles. The summed E-state index contributed by atoms with van der Waals surface area (Å²) in [5.41, 5.74) is -5.41. The number of carbonyl (C=O) groups is 1. The number of rotatable bonds is 6. The molecule has 0 unspecified atom stereocenters. The molecule has 2 heterocycles. The third-order valence-electron chi connectivity index (χ3n) is 7.05. The molecule has 1 fully saturated rings. The van der Waals surface area contributed by atoms with Crippen LogP contribution in [0.2, 0.25) is 0 Å². The molecule has 2 aromatic carbocycles. The van der Waals surface area contributed by atoms with Crippen LogP contribution in [0.1, 0.15) is 30.5 Å². The molecular formula is C28H28F7N5O2. The summed E-state index contributed by atoms with van der Waals surface area (Å²) in [6.45, 7) is 5.13. The largest absolute Gasteiger partial charge is 0.437 e. The number of nitrogens with zero attached hydrogens (tertiary/aromatic N) is 5. The highest BCUT2D eigenvalue weighted by Crippen LogP contribution is 2.40. The molecule has 0 N–H and O–H groups in total. The first kappa shape index (κ1) is 31.0. The molecule has 1 amide bonds. The standard InChI is InChI=1S/C28H28F7N5O2/c1-26(2,17-13-18(27(30,31)32)15-19(14-17)28(33,34)35)24(41)39(4)22-16-36-25(40-11-9-38(3)10-12-40)37-23(22)42-21-7-5-20(29)6-8-21/h5-8,13-16H,9-12H2,1-4H3. The maximum Gasteiger partial charge on any atom is 0.416 e. The van der Waals surface area contributed by atoms with Crippen LogP contribution in [-0.4, -0.2) is 61.0 Å². The van der Waals surface area contributed by atoms with Crippen molar-refractivity contribution < 1.29 is 40.3 Å². The van der Waals surface area contributed by atoms with E-state index in [0.29, 0.717) is 25.2 Å². The number of alkyl halides is 6. The molecule has 3 aromatic rings. The van der Waals surface area contributed by atoms with Gasteiger partial charge in [-0.15, -0.1) is 0 Å². The molecule has 7 nitrogen and oxygen atoms in total. The first-order valence-electron chi connectivity index (χ1n) is 12.8. The van der Waals surface area contributed by atoms with Gasteiger partial charge < -0.3 is 19.4 Å². The Morgan fingerprint density at radius 1 is 0.881 bits per heavy atom. The van der Waals surface area contributed by atoms with Crippen molar-refractivity contribution in [1.29, 1.82) is 0 Å². The monoisotopic (exact) mass is 599 g/mol. The molecule has 1 aromatic heterocycles. The maximum absolute atomic E-state index is 13.7. The number of piperazine rings is 1. The van der Waals surface area contributed by atoms with Gasteiger partial charge in [-0.2, -0.15) is 31.3 Å². The fraction of sp³-hybridized carbons (Fsp3) is 0.393. The van der Waals surface area contributed by atoms with Crippen LogP contribution in [0.25, 0.3) is 0 Å². The van der Waals surface area contributed by atoms with Gasteiger partial charge >= 0.3 is 12.4 Å². The van der Waals surface area contributed by atoms with Crippen molar-refractivity contribution in [2.45, 2.75) is 31.6 Å². The van der Waals surface area contributed by atoms with Crippen LogP contribution in [0, 0.1) is 5.82 Å². The lowest BCUT2D eigenvalue weighted by atomic mass is 9.81. The Balaban J connectivity index is 1.74. The number of anilines is 2. The summed E-state index contributed by atoms with van der Waals surface area (Å²) in [4.78, 5) is 27.6. The van der Waals surface area contributed by atoms with Crippen molar-refractivity contribution in [3.63, 3.8) is 0 Å². The van der Waals surface area contributed by atoms with Crippen molar-refractivity contribution in [2.24, 2.45) is 0 Å². The van der Waals surface area contributed by atoms with Crippen LogP contribution < -0.4 is 14.5 Å². The summed E-state index contributed by atoms with van der Waals surface area (Å²) in [6, 6.07) is 6.05. The molecule has 226 valence electrons. The Morgan fingerprint density at radius 2 is 1.40 bits per heavy atom. The zero-order valence-electron chi connectivity index (χ0n) is 23.1. The molecule has 1 aliphatic rings. The fourth-order valence-electron chi connectivity index (χ4n) is 4.40. The van der Waals surface area contributed by atoms with Crippen molar-refractivity contribution in [3.8, 4) is 11.6 Å². The zero-order valence-corrected chi connectivity index (χ0v) is 23.1. The van der Waals surface area contributed by atoms with Gasteiger partial charge in [0.25, 0.3) is 0 Å². The summed E-state index contributed by atoms with van der Waals surface area (Å²) in [5.74, 6) is -1.02. The minimum Gasteiger partial charge on any atom is -0.437 e. The number of aromatic nitrogens is 2. The minimum absolute atomic E-state index is 0.00158. The second-order valence-corrected chi connectivity index (χ2v) is 10.5. The first-order valence-corrected chi connectivity index (χ1v) is 12.8. The number of benzene rings is 2. The summed E-state index contributed by atoms with van der Waals surface area (Å²) in [5, 5.41) is 0. The topological polar surface area (TPSA) is 61.8 Å². The third-order valence-corrected chi connectivity index (χ3v) is 7.05. The predicted molar refractivity (Wildman–Crippen MR) is 141 cm³/mol. The second kappa shape index (κ2) is 11.4. The molecule has 0 radical (unpaired) electrons. The van der Waals surface area contributed by atoms with Crippen LogP contribution in [0.5, 0.6) is 11.6 Å². The van der Waals surface area contributed by atoms with Gasteiger partial charge in [0.1, 0.15) is 17.3 Å². The number of hydrogen-bond donors (Lipinski definition) is 0. The van der Waals surface area contributed by atoms with Gasteiger partial charge in [-0.1, -0.05) is 0 Å². The van der Waals surface area contributed by atoms with Crippen LogP contribution in [0.15, 0.2) is 48.7 Å². The molecule has 0 atom stereocenters. The van der Waals surface area contributed by atoms with E-state index < -0.39 is 46.2 Å². The van der Waals surface area contributed by atoms with Gasteiger partial charge in [0.2, 0.25) is 17.7 Å². The van der Waals surface area contributed by atoms with Crippen molar-refractivity contribution >= 4 is 17.5 Å². The van der Waals surface area contributed by atoms with Crippen LogP contribution in [-0.2, 0) is 22.6 Å². The van der Waals surface area contributed by atoms with Crippen molar-refractivity contribution in [1.82, 2.24) is 14.9 Å². The maximum atomic E-state index is 13.7. The SMILES string of the molecule is CN1CCN(c2ncc(N(C)C(=O)C(C)(C)c3cc(C(F)(F)F)cc(C(F)(F)F)c3)c(Oc3ccc(F)cc3)n2)CC1. The molecule has 42 heavy (non-hydrogen) atoms. The quantitative estimate of drug-likeness (QED) is 0.318. The molecule has 0 saturated carbocycles. The minimum atomic E-state index is -5.08. The van der Waals surface area contributed by atoms with Crippen molar-refractivity contribution in [2.75, 3.05) is 50.1 Å². The predicted octanol–water partition coefficient (Wildman–Crippen LogP) is 6.14. The summed E-state index contributed by atoms with van der Waals surface area (Å²) in [7, 11) is 3.25. The number of halogens is 7.